The van der Waals surface area contributed by atoms with Crippen molar-refractivity contribution >= 4 is 28.4 Å². The van der Waals surface area contributed by atoms with Gasteiger partial charge in [-0.25, -0.2) is 0 Å². The third kappa shape index (κ3) is 4.63. The van der Waals surface area contributed by atoms with Crippen molar-refractivity contribution in [3.8, 4) is 11.5 Å². The Balaban J connectivity index is 1.73. The number of nitrogens with zero attached hydrogens (tertiary/aromatic N) is 2. The standard InChI is InChI=1S/C22H23N3O4/c1-15(26)25(18-8-4-6-17-7-5-11-23-22(17)18)14-21(27)24-13-16-9-10-19(28-2)20(12-16)29-3/h4-12H,13-14H2,1-3H3,(H,24,27). The third-order valence-electron chi connectivity index (χ3n) is 4.52. The van der Waals surface area contributed by atoms with Crippen LogP contribution in [0.15, 0.2) is 54.7 Å². The van der Waals surface area contributed by atoms with Crippen molar-refractivity contribution in [3.05, 3.63) is 60.3 Å². The Bertz CT molecular complexity index is 1030. The van der Waals surface area contributed by atoms with E-state index in [9.17, 15) is 9.59 Å². The van der Waals surface area contributed by atoms with Crippen molar-refractivity contribution in [1.82, 2.24) is 10.3 Å². The fraction of sp³-hybridized carbons (Fsp3) is 0.227. The fourth-order valence-corrected chi connectivity index (χ4v) is 3.06. The molecule has 29 heavy (non-hydrogen) atoms. The number of benzene rings is 2. The molecule has 0 unspecified atom stereocenters. The summed E-state index contributed by atoms with van der Waals surface area (Å²) >= 11 is 0. The van der Waals surface area contributed by atoms with E-state index in [-0.39, 0.29) is 18.4 Å². The maximum Gasteiger partial charge on any atom is 0.240 e. The average molecular weight is 393 g/mol. The van der Waals surface area contributed by atoms with Gasteiger partial charge in [0.05, 0.1) is 25.4 Å². The van der Waals surface area contributed by atoms with Gasteiger partial charge in [0.25, 0.3) is 0 Å². The molecule has 3 rings (SSSR count). The van der Waals surface area contributed by atoms with Gasteiger partial charge < -0.3 is 19.7 Å². The van der Waals surface area contributed by atoms with Crippen LogP contribution in [-0.2, 0) is 16.1 Å². The van der Waals surface area contributed by atoms with Crippen molar-refractivity contribution in [2.75, 3.05) is 25.7 Å². The summed E-state index contributed by atoms with van der Waals surface area (Å²) in [6.07, 6.45) is 1.67. The van der Waals surface area contributed by atoms with E-state index in [1.165, 1.54) is 11.8 Å². The Kier molecular flexibility index (Phi) is 6.29. The van der Waals surface area contributed by atoms with Crippen LogP contribution in [0.4, 0.5) is 5.69 Å². The molecule has 1 N–H and O–H groups in total. The van der Waals surface area contributed by atoms with E-state index in [4.69, 9.17) is 9.47 Å². The number of pyridine rings is 1. The van der Waals surface area contributed by atoms with Gasteiger partial charge in [0.15, 0.2) is 11.5 Å². The van der Waals surface area contributed by atoms with Crippen molar-refractivity contribution in [2.45, 2.75) is 13.5 Å². The van der Waals surface area contributed by atoms with Crippen LogP contribution in [0, 0.1) is 0 Å². The first-order valence-electron chi connectivity index (χ1n) is 9.13. The van der Waals surface area contributed by atoms with Crippen molar-refractivity contribution < 1.29 is 19.1 Å². The van der Waals surface area contributed by atoms with Crippen LogP contribution in [0.25, 0.3) is 10.9 Å². The first-order chi connectivity index (χ1) is 14.0. The maximum atomic E-state index is 12.5. The number of nitrogens with one attached hydrogen (secondary N) is 1. The van der Waals surface area contributed by atoms with Crippen LogP contribution in [0.2, 0.25) is 0 Å². The summed E-state index contributed by atoms with van der Waals surface area (Å²) in [6, 6.07) is 14.7. The number of carbonyl (C=O) groups excluding carboxylic acids is 2. The highest BCUT2D eigenvalue weighted by molar-refractivity contribution is 6.04. The molecule has 2 aromatic carbocycles. The van der Waals surface area contributed by atoms with Gasteiger partial charge in [-0.05, 0) is 29.8 Å². The Morgan fingerprint density at radius 2 is 1.79 bits per heavy atom. The number of ether oxygens (including phenoxy) is 2. The van der Waals surface area contributed by atoms with Crippen LogP contribution < -0.4 is 19.7 Å². The molecular weight excluding hydrogens is 370 g/mol. The number of carbonyl (C=O) groups is 2. The van der Waals surface area contributed by atoms with Crippen LogP contribution in [0.5, 0.6) is 11.5 Å². The molecule has 0 aliphatic carbocycles. The Morgan fingerprint density at radius 1 is 1.03 bits per heavy atom. The number of hydrogen-bond donors (Lipinski definition) is 1. The van der Waals surface area contributed by atoms with Crippen LogP contribution >= 0.6 is 0 Å². The normalized spacial score (nSPS) is 10.4. The maximum absolute atomic E-state index is 12.5. The molecule has 0 saturated heterocycles. The summed E-state index contributed by atoms with van der Waals surface area (Å²) in [5.41, 5.74) is 2.15. The van der Waals surface area contributed by atoms with E-state index in [0.29, 0.717) is 29.2 Å². The molecule has 0 radical (unpaired) electrons. The monoisotopic (exact) mass is 393 g/mol. The second-order valence-corrected chi connectivity index (χ2v) is 6.42. The van der Waals surface area contributed by atoms with E-state index in [1.54, 1.807) is 38.6 Å². The molecule has 0 saturated carbocycles. The lowest BCUT2D eigenvalue weighted by Crippen LogP contribution is -2.39. The summed E-state index contributed by atoms with van der Waals surface area (Å²) in [6.45, 7) is 1.64. The van der Waals surface area contributed by atoms with Gasteiger partial charge in [-0.1, -0.05) is 24.3 Å². The highest BCUT2D eigenvalue weighted by Gasteiger charge is 2.18. The third-order valence-corrected chi connectivity index (χ3v) is 4.52. The van der Waals surface area contributed by atoms with Gasteiger partial charge in [-0.3, -0.25) is 14.6 Å². The van der Waals surface area contributed by atoms with Crippen LogP contribution in [0.1, 0.15) is 12.5 Å². The van der Waals surface area contributed by atoms with Gasteiger partial charge in [0.1, 0.15) is 6.54 Å². The predicted octanol–water partition coefficient (Wildman–Crippen LogP) is 2.92. The minimum absolute atomic E-state index is 0.0989. The number of rotatable bonds is 7. The molecule has 3 aromatic rings. The second kappa shape index (κ2) is 9.05. The number of fused-ring (bicyclic) bond motifs is 1. The van der Waals surface area contributed by atoms with E-state index in [2.05, 4.69) is 10.3 Å². The lowest BCUT2D eigenvalue weighted by atomic mass is 10.1. The van der Waals surface area contributed by atoms with Gasteiger partial charge in [-0.15, -0.1) is 0 Å². The van der Waals surface area contributed by atoms with Crippen LogP contribution in [-0.4, -0.2) is 37.6 Å². The molecule has 0 atom stereocenters. The van der Waals surface area contributed by atoms with Gasteiger partial charge in [0, 0.05) is 25.1 Å². The molecule has 150 valence electrons. The molecular formula is C22H23N3O4. The van der Waals surface area contributed by atoms with E-state index < -0.39 is 0 Å². The lowest BCUT2D eigenvalue weighted by molar-refractivity contribution is -0.123. The molecule has 7 heteroatoms. The summed E-state index contributed by atoms with van der Waals surface area (Å²) in [5.74, 6) is 0.701. The Morgan fingerprint density at radius 3 is 2.52 bits per heavy atom. The number of hydrogen-bond acceptors (Lipinski definition) is 5. The second-order valence-electron chi connectivity index (χ2n) is 6.42. The molecule has 0 aliphatic heterocycles. The zero-order valence-corrected chi connectivity index (χ0v) is 16.6. The molecule has 2 amide bonds. The Hall–Kier alpha value is -3.61. The number of anilines is 1. The van der Waals surface area contributed by atoms with Crippen molar-refractivity contribution in [2.24, 2.45) is 0 Å². The zero-order chi connectivity index (χ0) is 20.8. The van der Waals surface area contributed by atoms with E-state index in [1.807, 2.05) is 30.3 Å². The summed E-state index contributed by atoms with van der Waals surface area (Å²) < 4.78 is 10.5. The van der Waals surface area contributed by atoms with Crippen molar-refractivity contribution in [1.29, 1.82) is 0 Å². The van der Waals surface area contributed by atoms with Crippen molar-refractivity contribution in [3.63, 3.8) is 0 Å². The van der Waals surface area contributed by atoms with Crippen LogP contribution in [0.3, 0.4) is 0 Å². The molecule has 0 spiro atoms. The molecule has 1 aromatic heterocycles. The highest BCUT2D eigenvalue weighted by atomic mass is 16.5. The Labute approximate surface area is 169 Å². The minimum Gasteiger partial charge on any atom is -0.493 e. The smallest absolute Gasteiger partial charge is 0.240 e. The first-order valence-corrected chi connectivity index (χ1v) is 9.13. The molecule has 1 heterocycles. The topological polar surface area (TPSA) is 80.8 Å². The largest absolute Gasteiger partial charge is 0.493 e. The van der Waals surface area contributed by atoms with E-state index >= 15 is 0 Å². The minimum atomic E-state index is -0.275. The number of amides is 2. The van der Waals surface area contributed by atoms with Gasteiger partial charge in [0.2, 0.25) is 11.8 Å². The van der Waals surface area contributed by atoms with Gasteiger partial charge >= 0.3 is 0 Å². The summed E-state index contributed by atoms with van der Waals surface area (Å²) in [5, 5.41) is 3.75. The zero-order valence-electron chi connectivity index (χ0n) is 16.6. The lowest BCUT2D eigenvalue weighted by Gasteiger charge is -2.22. The first kappa shape index (κ1) is 20.1. The molecule has 0 fully saturated rings. The number of methoxy groups -OCH3 is 2. The number of para-hydroxylation sites is 1. The highest BCUT2D eigenvalue weighted by Crippen LogP contribution is 2.27. The fourth-order valence-electron chi connectivity index (χ4n) is 3.06. The molecule has 0 bridgehead atoms. The SMILES string of the molecule is COc1ccc(CNC(=O)CN(C(C)=O)c2cccc3cccnc23)cc1OC. The van der Waals surface area contributed by atoms with E-state index in [0.717, 1.165) is 10.9 Å². The molecule has 7 nitrogen and oxygen atoms in total. The quantitative estimate of drug-likeness (QED) is 0.668. The van der Waals surface area contributed by atoms with Gasteiger partial charge in [-0.2, -0.15) is 0 Å². The summed E-state index contributed by atoms with van der Waals surface area (Å²) in [7, 11) is 3.13. The molecule has 0 aliphatic rings. The average Bonchev–Trinajstić information content (AvgIpc) is 2.75. The predicted molar refractivity (Wildman–Crippen MR) is 111 cm³/mol. The summed E-state index contributed by atoms with van der Waals surface area (Å²) in [4.78, 5) is 30.6. The number of aromatic nitrogens is 1.